The second kappa shape index (κ2) is 7.22. The van der Waals surface area contributed by atoms with E-state index in [0.717, 1.165) is 10.6 Å². The van der Waals surface area contributed by atoms with Crippen molar-refractivity contribution in [3.63, 3.8) is 0 Å². The number of nitrogens with two attached hydrogens (primary N) is 1. The van der Waals surface area contributed by atoms with E-state index in [4.69, 9.17) is 10.5 Å². The molecule has 0 aromatic heterocycles. The number of sulfonamides is 1. The van der Waals surface area contributed by atoms with Gasteiger partial charge in [-0.2, -0.15) is 4.31 Å². The molecule has 1 aromatic rings. The zero-order valence-electron chi connectivity index (χ0n) is 11.5. The molecule has 0 atom stereocenters. The van der Waals surface area contributed by atoms with Crippen LogP contribution < -0.4 is 15.8 Å². The quantitative estimate of drug-likeness (QED) is 0.729. The largest absolute Gasteiger partial charge is 0.492 e. The molecule has 3 N–H and O–H groups in total. The maximum absolute atomic E-state index is 11.7. The van der Waals surface area contributed by atoms with Crippen LogP contribution in [-0.2, 0) is 14.8 Å². The third-order valence-corrected chi connectivity index (χ3v) is 3.72. The molecule has 0 radical (unpaired) electrons. The minimum atomic E-state index is -3.37. The highest BCUT2D eigenvalue weighted by Crippen LogP contribution is 2.15. The maximum atomic E-state index is 11.7. The van der Waals surface area contributed by atoms with Gasteiger partial charge in [0.25, 0.3) is 0 Å². The van der Waals surface area contributed by atoms with Crippen LogP contribution in [0.1, 0.15) is 0 Å². The topological polar surface area (TPSA) is 102 Å². The molecule has 0 fully saturated rings. The van der Waals surface area contributed by atoms with Crippen molar-refractivity contribution in [3.8, 4) is 5.75 Å². The lowest BCUT2D eigenvalue weighted by atomic mass is 10.3. The predicted molar refractivity (Wildman–Crippen MR) is 77.1 cm³/mol. The number of carbonyl (C=O) groups excluding carboxylic acids is 1. The third kappa shape index (κ3) is 5.55. The molecule has 0 saturated heterocycles. The number of hydrogen-bond donors (Lipinski definition) is 2. The molecule has 0 saturated carbocycles. The van der Waals surface area contributed by atoms with Gasteiger partial charge in [-0.25, -0.2) is 8.42 Å². The second-order valence-corrected chi connectivity index (χ2v) is 6.32. The van der Waals surface area contributed by atoms with Crippen molar-refractivity contribution in [3.05, 3.63) is 24.3 Å². The van der Waals surface area contributed by atoms with Gasteiger partial charge in [-0.15, -0.1) is 0 Å². The Balaban J connectivity index is 2.54. The smallest absolute Gasteiger partial charge is 0.239 e. The van der Waals surface area contributed by atoms with E-state index in [0.29, 0.717) is 24.6 Å². The molecular formula is C12H19N3O4S. The van der Waals surface area contributed by atoms with Crippen molar-refractivity contribution >= 4 is 21.6 Å². The van der Waals surface area contributed by atoms with E-state index in [1.54, 1.807) is 24.3 Å². The van der Waals surface area contributed by atoms with Crippen LogP contribution >= 0.6 is 0 Å². The Bertz CT molecular complexity index is 542. The Hall–Kier alpha value is -1.64. The van der Waals surface area contributed by atoms with Gasteiger partial charge in [-0.05, 0) is 24.3 Å². The van der Waals surface area contributed by atoms with Gasteiger partial charge in [0.05, 0.1) is 12.8 Å². The van der Waals surface area contributed by atoms with Gasteiger partial charge in [-0.1, -0.05) is 0 Å². The Morgan fingerprint density at radius 2 is 1.95 bits per heavy atom. The van der Waals surface area contributed by atoms with Crippen LogP contribution in [0, 0.1) is 0 Å². The van der Waals surface area contributed by atoms with Gasteiger partial charge < -0.3 is 15.8 Å². The summed E-state index contributed by atoms with van der Waals surface area (Å²) >= 11 is 0. The van der Waals surface area contributed by atoms with Gasteiger partial charge in [0, 0.05) is 19.3 Å². The van der Waals surface area contributed by atoms with E-state index in [1.807, 2.05) is 0 Å². The summed E-state index contributed by atoms with van der Waals surface area (Å²) in [4.78, 5) is 11.7. The van der Waals surface area contributed by atoms with E-state index in [2.05, 4.69) is 5.32 Å². The zero-order valence-corrected chi connectivity index (χ0v) is 12.3. The lowest BCUT2D eigenvalue weighted by Gasteiger charge is -2.13. The minimum absolute atomic E-state index is 0.232. The number of rotatable bonds is 7. The van der Waals surface area contributed by atoms with Gasteiger partial charge in [-0.3, -0.25) is 4.79 Å². The first-order chi connectivity index (χ1) is 9.32. The Morgan fingerprint density at radius 1 is 1.35 bits per heavy atom. The van der Waals surface area contributed by atoms with Gasteiger partial charge in [0.15, 0.2) is 0 Å². The summed E-state index contributed by atoms with van der Waals surface area (Å²) < 4.78 is 28.6. The van der Waals surface area contributed by atoms with Crippen molar-refractivity contribution < 1.29 is 17.9 Å². The first kappa shape index (κ1) is 16.4. The van der Waals surface area contributed by atoms with Gasteiger partial charge in [0.2, 0.25) is 15.9 Å². The normalized spacial score (nSPS) is 11.4. The van der Waals surface area contributed by atoms with Crippen molar-refractivity contribution in [1.82, 2.24) is 4.31 Å². The lowest BCUT2D eigenvalue weighted by Crippen LogP contribution is -2.34. The molecule has 0 aliphatic heterocycles. The van der Waals surface area contributed by atoms with Gasteiger partial charge >= 0.3 is 0 Å². The predicted octanol–water partition coefficient (Wildman–Crippen LogP) is -0.146. The number of likely N-dealkylation sites (N-methyl/N-ethyl adjacent to an activating group) is 1. The van der Waals surface area contributed by atoms with Crippen LogP contribution in [0.5, 0.6) is 5.75 Å². The van der Waals surface area contributed by atoms with E-state index >= 15 is 0 Å². The highest BCUT2D eigenvalue weighted by molar-refractivity contribution is 7.88. The average Bonchev–Trinajstić information content (AvgIpc) is 2.36. The Labute approximate surface area is 118 Å². The van der Waals surface area contributed by atoms with Crippen molar-refractivity contribution in [1.29, 1.82) is 0 Å². The third-order valence-electron chi connectivity index (χ3n) is 2.46. The fourth-order valence-corrected chi connectivity index (χ4v) is 1.68. The van der Waals surface area contributed by atoms with Crippen LogP contribution in [0.15, 0.2) is 24.3 Å². The summed E-state index contributed by atoms with van der Waals surface area (Å²) in [7, 11) is -2.02. The molecule has 0 aliphatic carbocycles. The van der Waals surface area contributed by atoms with Crippen LogP contribution in [0.3, 0.4) is 0 Å². The van der Waals surface area contributed by atoms with E-state index in [9.17, 15) is 13.2 Å². The fourth-order valence-electron chi connectivity index (χ4n) is 1.33. The lowest BCUT2D eigenvalue weighted by molar-refractivity contribution is -0.116. The number of nitrogens with one attached hydrogen (secondary N) is 1. The maximum Gasteiger partial charge on any atom is 0.239 e. The molecule has 0 unspecified atom stereocenters. The second-order valence-electron chi connectivity index (χ2n) is 4.23. The molecule has 1 rings (SSSR count). The van der Waals surface area contributed by atoms with E-state index in [1.165, 1.54) is 7.05 Å². The summed E-state index contributed by atoms with van der Waals surface area (Å²) in [5.41, 5.74) is 5.88. The highest BCUT2D eigenvalue weighted by atomic mass is 32.2. The zero-order chi connectivity index (χ0) is 15.2. The average molecular weight is 301 g/mol. The van der Waals surface area contributed by atoms with Crippen molar-refractivity contribution in [2.75, 3.05) is 38.3 Å². The van der Waals surface area contributed by atoms with Crippen molar-refractivity contribution in [2.24, 2.45) is 5.73 Å². The SMILES string of the molecule is CN(CC(=O)Nc1ccc(OCCN)cc1)S(C)(=O)=O. The van der Waals surface area contributed by atoms with Crippen LogP contribution in [0.4, 0.5) is 5.69 Å². The monoisotopic (exact) mass is 301 g/mol. The molecule has 0 spiro atoms. The molecule has 0 bridgehead atoms. The number of ether oxygens (including phenoxy) is 1. The molecule has 1 aromatic carbocycles. The number of carbonyl (C=O) groups is 1. The highest BCUT2D eigenvalue weighted by Gasteiger charge is 2.15. The Kier molecular flexibility index (Phi) is 5.93. The number of benzene rings is 1. The number of amides is 1. The van der Waals surface area contributed by atoms with E-state index in [-0.39, 0.29) is 6.54 Å². The Morgan fingerprint density at radius 3 is 2.45 bits per heavy atom. The first-order valence-electron chi connectivity index (χ1n) is 5.97. The molecule has 20 heavy (non-hydrogen) atoms. The van der Waals surface area contributed by atoms with Crippen LogP contribution in [0.2, 0.25) is 0 Å². The number of anilines is 1. The number of hydrogen-bond acceptors (Lipinski definition) is 5. The summed E-state index contributed by atoms with van der Waals surface area (Å²) in [6, 6.07) is 6.74. The molecule has 0 heterocycles. The molecule has 0 aliphatic rings. The molecule has 8 heteroatoms. The van der Waals surface area contributed by atoms with Gasteiger partial charge in [0.1, 0.15) is 12.4 Å². The van der Waals surface area contributed by atoms with Crippen molar-refractivity contribution in [2.45, 2.75) is 0 Å². The molecule has 1 amide bonds. The summed E-state index contributed by atoms with van der Waals surface area (Å²) in [5.74, 6) is 0.246. The summed E-state index contributed by atoms with van der Waals surface area (Å²) in [6.45, 7) is 0.617. The first-order valence-corrected chi connectivity index (χ1v) is 7.82. The standard InChI is InChI=1S/C12H19N3O4S/c1-15(20(2,17)18)9-12(16)14-10-3-5-11(6-4-10)19-8-7-13/h3-6H,7-9,13H2,1-2H3,(H,14,16). The van der Waals surface area contributed by atoms with E-state index < -0.39 is 15.9 Å². The minimum Gasteiger partial charge on any atom is -0.492 e. The summed E-state index contributed by atoms with van der Waals surface area (Å²) in [5, 5.41) is 2.60. The van der Waals surface area contributed by atoms with Crippen LogP contribution in [0.25, 0.3) is 0 Å². The van der Waals surface area contributed by atoms with Crippen LogP contribution in [-0.4, -0.2) is 51.6 Å². The number of nitrogens with zero attached hydrogens (tertiary/aromatic N) is 1. The molecule has 112 valence electrons. The molecule has 7 nitrogen and oxygen atoms in total. The fraction of sp³-hybridized carbons (Fsp3) is 0.417. The summed E-state index contributed by atoms with van der Waals surface area (Å²) in [6.07, 6.45) is 1.05. The molecular weight excluding hydrogens is 282 g/mol.